The number of halogens is 1. The van der Waals surface area contributed by atoms with Gasteiger partial charge in [-0.25, -0.2) is 4.39 Å². The molecule has 0 aliphatic rings. The van der Waals surface area contributed by atoms with Crippen molar-refractivity contribution in [2.45, 2.75) is 6.42 Å². The van der Waals surface area contributed by atoms with Gasteiger partial charge in [-0.2, -0.15) is 0 Å². The van der Waals surface area contributed by atoms with E-state index in [0.29, 0.717) is 18.9 Å². The lowest BCUT2D eigenvalue weighted by molar-refractivity contribution is 0.230. The van der Waals surface area contributed by atoms with Crippen LogP contribution in [0.25, 0.3) is 0 Å². The molecule has 0 heterocycles. The summed E-state index contributed by atoms with van der Waals surface area (Å²) in [7, 11) is 2.00. The first-order chi connectivity index (χ1) is 7.74. The summed E-state index contributed by atoms with van der Waals surface area (Å²) in [5.41, 5.74) is 5.41. The number of nitrogens with zero attached hydrogens (tertiary/aromatic N) is 1. The number of para-hydroxylation sites is 1. The molecule has 0 fully saturated rings. The lowest BCUT2D eigenvalue weighted by Gasteiger charge is -2.16. The molecule has 0 bridgehead atoms. The topological polar surface area (TPSA) is 38.5 Å². The Hall–Kier alpha value is -1.13. The second-order valence-corrected chi connectivity index (χ2v) is 3.72. The minimum Gasteiger partial charge on any atom is -0.489 e. The molecule has 0 aromatic heterocycles. The van der Waals surface area contributed by atoms with Crippen LogP contribution in [0.2, 0.25) is 0 Å². The van der Waals surface area contributed by atoms with Crippen molar-refractivity contribution in [2.75, 3.05) is 33.3 Å². The molecule has 0 saturated heterocycles. The summed E-state index contributed by atoms with van der Waals surface area (Å²) in [6, 6.07) is 6.44. The molecule has 0 spiro atoms. The second kappa shape index (κ2) is 7.19. The first kappa shape index (κ1) is 12.9. The van der Waals surface area contributed by atoms with Gasteiger partial charge in [-0.05, 0) is 38.7 Å². The van der Waals surface area contributed by atoms with Crippen molar-refractivity contribution in [1.29, 1.82) is 0 Å². The first-order valence-corrected chi connectivity index (χ1v) is 5.50. The fraction of sp³-hybridized carbons (Fsp3) is 0.500. The number of hydrogen-bond acceptors (Lipinski definition) is 3. The third-order valence-electron chi connectivity index (χ3n) is 2.31. The second-order valence-electron chi connectivity index (χ2n) is 3.72. The van der Waals surface area contributed by atoms with Gasteiger partial charge in [-0.3, -0.25) is 0 Å². The van der Waals surface area contributed by atoms with Crippen molar-refractivity contribution in [3.63, 3.8) is 0 Å². The zero-order valence-corrected chi connectivity index (χ0v) is 9.66. The summed E-state index contributed by atoms with van der Waals surface area (Å²) < 4.78 is 18.5. The van der Waals surface area contributed by atoms with E-state index in [1.165, 1.54) is 6.07 Å². The Balaban J connectivity index is 2.23. The van der Waals surface area contributed by atoms with Gasteiger partial charge in [0.25, 0.3) is 0 Å². The number of nitrogens with two attached hydrogens (primary N) is 1. The summed E-state index contributed by atoms with van der Waals surface area (Å²) in [6.07, 6.45) is 0.968. The maximum absolute atomic E-state index is 13.2. The maximum Gasteiger partial charge on any atom is 0.165 e. The number of ether oxygens (including phenoxy) is 1. The fourth-order valence-electron chi connectivity index (χ4n) is 1.35. The minimum absolute atomic E-state index is 0.313. The zero-order valence-electron chi connectivity index (χ0n) is 9.66. The van der Waals surface area contributed by atoms with Crippen LogP contribution in [0.3, 0.4) is 0 Å². The molecule has 4 heteroatoms. The molecular formula is C12H19FN2O. The molecule has 0 unspecified atom stereocenters. The monoisotopic (exact) mass is 226 g/mol. The Bertz CT molecular complexity index is 307. The largest absolute Gasteiger partial charge is 0.489 e. The number of hydrogen-bond donors (Lipinski definition) is 1. The van der Waals surface area contributed by atoms with E-state index in [0.717, 1.165) is 19.5 Å². The van der Waals surface area contributed by atoms with Crippen LogP contribution in [-0.4, -0.2) is 38.2 Å². The van der Waals surface area contributed by atoms with Crippen LogP contribution in [0.15, 0.2) is 24.3 Å². The Kier molecular flexibility index (Phi) is 5.82. The summed E-state index contributed by atoms with van der Waals surface area (Å²) in [6.45, 7) is 2.89. The molecule has 3 nitrogen and oxygen atoms in total. The van der Waals surface area contributed by atoms with Crippen molar-refractivity contribution in [2.24, 2.45) is 5.73 Å². The smallest absolute Gasteiger partial charge is 0.165 e. The Morgan fingerprint density at radius 3 is 2.75 bits per heavy atom. The lowest BCUT2D eigenvalue weighted by Crippen LogP contribution is -2.26. The summed E-state index contributed by atoms with van der Waals surface area (Å²) in [5.74, 6) is 0.00170. The van der Waals surface area contributed by atoms with Crippen LogP contribution in [0.1, 0.15) is 6.42 Å². The van der Waals surface area contributed by atoms with Crippen molar-refractivity contribution in [3.05, 3.63) is 30.1 Å². The fourth-order valence-corrected chi connectivity index (χ4v) is 1.35. The highest BCUT2D eigenvalue weighted by Crippen LogP contribution is 2.14. The number of likely N-dealkylation sites (N-methyl/N-ethyl adjacent to an activating group) is 1. The predicted molar refractivity (Wildman–Crippen MR) is 63.1 cm³/mol. The highest BCUT2D eigenvalue weighted by molar-refractivity contribution is 5.23. The third kappa shape index (κ3) is 4.59. The maximum atomic E-state index is 13.2. The molecule has 1 rings (SSSR count). The van der Waals surface area contributed by atoms with Gasteiger partial charge < -0.3 is 15.4 Å². The third-order valence-corrected chi connectivity index (χ3v) is 2.31. The quantitative estimate of drug-likeness (QED) is 0.765. The molecule has 0 atom stereocenters. The van der Waals surface area contributed by atoms with Gasteiger partial charge in [0.15, 0.2) is 11.6 Å². The minimum atomic E-state index is -0.313. The van der Waals surface area contributed by atoms with Crippen LogP contribution in [0.5, 0.6) is 5.75 Å². The highest BCUT2D eigenvalue weighted by Gasteiger charge is 2.02. The molecule has 0 saturated carbocycles. The Morgan fingerprint density at radius 2 is 2.06 bits per heavy atom. The van der Waals surface area contributed by atoms with E-state index >= 15 is 0 Å². The molecule has 1 aromatic carbocycles. The molecule has 0 amide bonds. The molecule has 0 radical (unpaired) electrons. The van der Waals surface area contributed by atoms with Crippen molar-refractivity contribution < 1.29 is 9.13 Å². The standard InChI is InChI=1S/C12H19FN2O/c1-15(8-4-7-14)9-10-16-12-6-3-2-5-11(12)13/h2-3,5-6H,4,7-10,14H2,1H3. The predicted octanol–water partition coefficient (Wildman–Crippen LogP) is 1.49. The van der Waals surface area contributed by atoms with Crippen LogP contribution >= 0.6 is 0 Å². The summed E-state index contributed by atoms with van der Waals surface area (Å²) >= 11 is 0. The number of benzene rings is 1. The van der Waals surface area contributed by atoms with Crippen molar-refractivity contribution in [1.82, 2.24) is 4.90 Å². The lowest BCUT2D eigenvalue weighted by atomic mass is 10.3. The summed E-state index contributed by atoms with van der Waals surface area (Å²) in [5, 5.41) is 0. The van der Waals surface area contributed by atoms with Crippen molar-refractivity contribution in [3.8, 4) is 5.75 Å². The average Bonchev–Trinajstić information content (AvgIpc) is 2.29. The van der Waals surface area contributed by atoms with Crippen LogP contribution in [0, 0.1) is 5.82 Å². The van der Waals surface area contributed by atoms with Crippen LogP contribution < -0.4 is 10.5 Å². The van der Waals surface area contributed by atoms with E-state index in [1.807, 2.05) is 7.05 Å². The van der Waals surface area contributed by atoms with E-state index in [2.05, 4.69) is 4.90 Å². The first-order valence-electron chi connectivity index (χ1n) is 5.50. The molecule has 2 N–H and O–H groups in total. The molecule has 0 aliphatic carbocycles. The Morgan fingerprint density at radius 1 is 1.31 bits per heavy atom. The van der Waals surface area contributed by atoms with E-state index in [1.54, 1.807) is 18.2 Å². The van der Waals surface area contributed by atoms with Gasteiger partial charge in [0.05, 0.1) is 0 Å². The normalized spacial score (nSPS) is 10.8. The van der Waals surface area contributed by atoms with Gasteiger partial charge in [-0.1, -0.05) is 12.1 Å². The molecule has 90 valence electrons. The van der Waals surface area contributed by atoms with Crippen molar-refractivity contribution >= 4 is 0 Å². The van der Waals surface area contributed by atoms with Gasteiger partial charge in [0.1, 0.15) is 6.61 Å². The summed E-state index contributed by atoms with van der Waals surface area (Å²) in [4.78, 5) is 2.12. The molecular weight excluding hydrogens is 207 g/mol. The van der Waals surface area contributed by atoms with Gasteiger partial charge in [0.2, 0.25) is 0 Å². The number of rotatable bonds is 7. The zero-order chi connectivity index (χ0) is 11.8. The van der Waals surface area contributed by atoms with Crippen LogP contribution in [0.4, 0.5) is 4.39 Å². The molecule has 0 aliphatic heterocycles. The average molecular weight is 226 g/mol. The molecule has 16 heavy (non-hydrogen) atoms. The Labute approximate surface area is 96.0 Å². The van der Waals surface area contributed by atoms with E-state index < -0.39 is 0 Å². The van der Waals surface area contributed by atoms with E-state index in [-0.39, 0.29) is 5.82 Å². The highest BCUT2D eigenvalue weighted by atomic mass is 19.1. The van der Waals surface area contributed by atoms with E-state index in [9.17, 15) is 4.39 Å². The van der Waals surface area contributed by atoms with E-state index in [4.69, 9.17) is 10.5 Å². The van der Waals surface area contributed by atoms with Crippen LogP contribution in [-0.2, 0) is 0 Å². The SMILES string of the molecule is CN(CCCN)CCOc1ccccc1F. The van der Waals surface area contributed by atoms with Gasteiger partial charge in [0, 0.05) is 6.54 Å². The molecule has 1 aromatic rings. The van der Waals surface area contributed by atoms with Gasteiger partial charge in [-0.15, -0.1) is 0 Å². The van der Waals surface area contributed by atoms with Gasteiger partial charge >= 0.3 is 0 Å².